The average molecular weight is 220 g/mol. The fourth-order valence-electron chi connectivity index (χ4n) is 1.38. The summed E-state index contributed by atoms with van der Waals surface area (Å²) in [5.41, 5.74) is -2.65. The van der Waals surface area contributed by atoms with Gasteiger partial charge in [0, 0.05) is 0 Å². The summed E-state index contributed by atoms with van der Waals surface area (Å²) in [7, 11) is 0. The van der Waals surface area contributed by atoms with Gasteiger partial charge in [-0.3, -0.25) is 4.79 Å². The van der Waals surface area contributed by atoms with E-state index in [1.165, 1.54) is 0 Å². The van der Waals surface area contributed by atoms with Crippen molar-refractivity contribution in [3.63, 3.8) is 0 Å². The van der Waals surface area contributed by atoms with E-state index in [9.17, 15) is 19.8 Å². The third kappa shape index (κ3) is 1.63. The van der Waals surface area contributed by atoms with Crippen molar-refractivity contribution in [2.45, 2.75) is 30.8 Å². The van der Waals surface area contributed by atoms with Crippen LogP contribution in [0.3, 0.4) is 0 Å². The highest BCUT2D eigenvalue weighted by Gasteiger charge is 2.61. The number of cyclic esters (lactones) is 1. The van der Waals surface area contributed by atoms with Crippen LogP contribution in [0.5, 0.6) is 0 Å². The summed E-state index contributed by atoms with van der Waals surface area (Å²) in [6.45, 7) is 0.154. The van der Waals surface area contributed by atoms with Crippen LogP contribution >= 0.6 is 0 Å². The molecule has 15 heavy (non-hydrogen) atoms. The fourth-order valence-corrected chi connectivity index (χ4v) is 1.38. The van der Waals surface area contributed by atoms with Crippen molar-refractivity contribution in [1.82, 2.24) is 0 Å². The largest absolute Gasteiger partial charge is 0.454 e. The molecule has 0 saturated carbocycles. The van der Waals surface area contributed by atoms with Gasteiger partial charge in [0.2, 0.25) is 5.60 Å². The van der Waals surface area contributed by atoms with Crippen LogP contribution in [0.1, 0.15) is 6.92 Å². The lowest BCUT2D eigenvalue weighted by molar-refractivity contribution is -0.163. The maximum atomic E-state index is 11.1. The molecule has 0 aromatic carbocycles. The molecule has 1 rings (SSSR count). The van der Waals surface area contributed by atoms with Gasteiger partial charge in [0.05, 0.1) is 6.61 Å². The topological polar surface area (TPSA) is 124 Å². The molecule has 1 aliphatic heterocycles. The predicted molar refractivity (Wildman–Crippen MR) is 44.6 cm³/mol. The summed E-state index contributed by atoms with van der Waals surface area (Å²) in [4.78, 5) is 22.1. The molecule has 4 atom stereocenters. The Kier molecular flexibility index (Phi) is 3.10. The minimum atomic E-state index is -2.65. The molecule has 7 nitrogen and oxygen atoms in total. The number of rotatable bonds is 3. The van der Waals surface area contributed by atoms with Crippen LogP contribution < -0.4 is 0 Å². The number of carbonyl (C=O) groups is 2. The maximum absolute atomic E-state index is 11.1. The van der Waals surface area contributed by atoms with Crippen LogP contribution in [0.4, 0.5) is 0 Å². The molecule has 7 heteroatoms. The Morgan fingerprint density at radius 3 is 2.53 bits per heavy atom. The van der Waals surface area contributed by atoms with Crippen LogP contribution in [0, 0.1) is 0 Å². The Bertz CT molecular complexity index is 289. The quantitative estimate of drug-likeness (QED) is 0.294. The van der Waals surface area contributed by atoms with Gasteiger partial charge in [0.25, 0.3) is 0 Å². The van der Waals surface area contributed by atoms with E-state index >= 15 is 0 Å². The summed E-state index contributed by atoms with van der Waals surface area (Å²) in [6.07, 6.45) is -4.93. The number of hydrogen-bond donors (Lipinski definition) is 4. The third-order valence-electron chi connectivity index (χ3n) is 2.40. The number of aliphatic hydroxyl groups excluding tert-OH is 3. The minimum absolute atomic E-state index is 0.761. The van der Waals surface area contributed by atoms with Crippen LogP contribution in [0.25, 0.3) is 0 Å². The van der Waals surface area contributed by atoms with Gasteiger partial charge in [0.15, 0.2) is 11.9 Å². The summed E-state index contributed by atoms with van der Waals surface area (Å²) in [5.74, 6) is -2.30. The van der Waals surface area contributed by atoms with E-state index in [0.29, 0.717) is 0 Å². The van der Waals surface area contributed by atoms with Crippen molar-refractivity contribution in [2.75, 3.05) is 6.61 Å². The molecule has 1 fully saturated rings. The highest BCUT2D eigenvalue weighted by Crippen LogP contribution is 2.29. The fraction of sp³-hybridized carbons (Fsp3) is 0.750. The second kappa shape index (κ2) is 3.86. The molecule has 0 radical (unpaired) electrons. The Morgan fingerprint density at radius 2 is 2.20 bits per heavy atom. The molecule has 1 heterocycles. The summed E-state index contributed by atoms with van der Waals surface area (Å²) in [6, 6.07) is 0. The van der Waals surface area contributed by atoms with Gasteiger partial charge in [-0.25, -0.2) is 4.79 Å². The molecule has 0 unspecified atom stereocenters. The Morgan fingerprint density at radius 1 is 1.67 bits per heavy atom. The first kappa shape index (κ1) is 12.1. The first-order valence-electron chi connectivity index (χ1n) is 4.27. The normalized spacial score (nSPS) is 37.5. The van der Waals surface area contributed by atoms with Gasteiger partial charge in [-0.1, -0.05) is 0 Å². The lowest BCUT2D eigenvalue weighted by Crippen LogP contribution is -2.53. The number of ether oxygens (including phenoxy) is 1. The second-order valence-electron chi connectivity index (χ2n) is 3.39. The number of carbonyl (C=O) groups excluding carboxylic acids is 2. The molecule has 0 aliphatic carbocycles. The Balaban J connectivity index is 2.98. The molecule has 4 N–H and O–H groups in total. The first-order chi connectivity index (χ1) is 6.85. The first-order valence-corrected chi connectivity index (χ1v) is 4.27. The molecule has 0 amide bonds. The number of ketones is 1. The van der Waals surface area contributed by atoms with Crippen LogP contribution in [-0.4, -0.2) is 62.7 Å². The van der Waals surface area contributed by atoms with Crippen molar-refractivity contribution in [1.29, 1.82) is 0 Å². The minimum Gasteiger partial charge on any atom is -0.454 e. The van der Waals surface area contributed by atoms with E-state index in [-0.39, 0.29) is 0 Å². The zero-order valence-corrected chi connectivity index (χ0v) is 7.95. The van der Waals surface area contributed by atoms with E-state index in [1.54, 1.807) is 0 Å². The summed E-state index contributed by atoms with van der Waals surface area (Å²) in [5, 5.41) is 36.8. The number of hydrogen-bond acceptors (Lipinski definition) is 7. The van der Waals surface area contributed by atoms with Gasteiger partial charge in [-0.05, 0) is 6.92 Å². The standard InChI is InChI=1S/C8H12O7/c1-3(10)8(14)6(12)5(4(11)2-9)15-7(8)13/h4-6,9,11-12,14H,2H2,1H3/t4-,5+,6+,8-/m1/s1. The van der Waals surface area contributed by atoms with Gasteiger partial charge in [0.1, 0.15) is 12.2 Å². The highest BCUT2D eigenvalue weighted by molar-refractivity contribution is 6.08. The van der Waals surface area contributed by atoms with E-state index in [4.69, 9.17) is 10.2 Å². The highest BCUT2D eigenvalue weighted by atomic mass is 16.6. The molecule has 1 saturated heterocycles. The monoisotopic (exact) mass is 220 g/mol. The SMILES string of the molecule is CC(=O)[C@]1(O)C(=O)O[C@@H]([C@H](O)CO)[C@@H]1O. The molecule has 0 aromatic rings. The second-order valence-corrected chi connectivity index (χ2v) is 3.39. The smallest absolute Gasteiger partial charge is 0.349 e. The zero-order valence-electron chi connectivity index (χ0n) is 7.95. The molecule has 86 valence electrons. The number of esters is 1. The number of aliphatic hydroxyl groups is 4. The van der Waals surface area contributed by atoms with Crippen molar-refractivity contribution in [3.05, 3.63) is 0 Å². The van der Waals surface area contributed by atoms with E-state index in [0.717, 1.165) is 6.92 Å². The van der Waals surface area contributed by atoms with Crippen molar-refractivity contribution in [3.8, 4) is 0 Å². The van der Waals surface area contributed by atoms with Gasteiger partial charge >= 0.3 is 5.97 Å². The van der Waals surface area contributed by atoms with E-state index in [1.807, 2.05) is 0 Å². The lowest BCUT2D eigenvalue weighted by atomic mass is 9.90. The average Bonchev–Trinajstić information content (AvgIpc) is 2.42. The van der Waals surface area contributed by atoms with Crippen molar-refractivity contribution >= 4 is 11.8 Å². The molecule has 0 spiro atoms. The summed E-state index contributed by atoms with van der Waals surface area (Å²) < 4.78 is 4.43. The summed E-state index contributed by atoms with van der Waals surface area (Å²) >= 11 is 0. The third-order valence-corrected chi connectivity index (χ3v) is 2.40. The van der Waals surface area contributed by atoms with E-state index in [2.05, 4.69) is 4.74 Å². The lowest BCUT2D eigenvalue weighted by Gasteiger charge is -2.22. The van der Waals surface area contributed by atoms with Gasteiger partial charge < -0.3 is 25.2 Å². The molecular formula is C8H12O7. The molecule has 0 aromatic heterocycles. The van der Waals surface area contributed by atoms with Crippen LogP contribution in [-0.2, 0) is 14.3 Å². The Labute approximate surface area is 84.9 Å². The molecule has 1 aliphatic rings. The molecule has 0 bridgehead atoms. The maximum Gasteiger partial charge on any atom is 0.349 e. The van der Waals surface area contributed by atoms with Crippen LogP contribution in [0.2, 0.25) is 0 Å². The predicted octanol–water partition coefficient (Wildman–Crippen LogP) is -3.05. The van der Waals surface area contributed by atoms with Gasteiger partial charge in [-0.15, -0.1) is 0 Å². The zero-order chi connectivity index (χ0) is 11.8. The van der Waals surface area contributed by atoms with Crippen molar-refractivity contribution < 1.29 is 34.8 Å². The number of Topliss-reactive ketones (excluding diaryl/α,β-unsaturated/α-hetero) is 1. The van der Waals surface area contributed by atoms with Crippen molar-refractivity contribution in [2.24, 2.45) is 0 Å². The molecular weight excluding hydrogens is 208 g/mol. The Hall–Kier alpha value is -1.02. The van der Waals surface area contributed by atoms with Gasteiger partial charge in [-0.2, -0.15) is 0 Å². The van der Waals surface area contributed by atoms with Crippen LogP contribution in [0.15, 0.2) is 0 Å². The van der Waals surface area contributed by atoms with E-state index < -0.39 is 42.3 Å².